The van der Waals surface area contributed by atoms with Crippen molar-refractivity contribution < 1.29 is 5.48 Å². The van der Waals surface area contributed by atoms with Gasteiger partial charge in [0.1, 0.15) is 0 Å². The molecule has 0 aromatic carbocycles. The normalized spacial score (nSPS) is 0. The summed E-state index contributed by atoms with van der Waals surface area (Å²) in [7, 11) is 0. The summed E-state index contributed by atoms with van der Waals surface area (Å²) in [6.07, 6.45) is 0. The SMILES string of the molecule is O.[GaH3].[InH3].[InH3].[SnH2]. The molecule has 0 rings (SSSR count). The zero-order chi connectivity index (χ0) is 0. The summed E-state index contributed by atoms with van der Waals surface area (Å²) in [5, 5.41) is 0. The Kier molecular flexibility index (Phi) is 230. The summed E-state index contributed by atoms with van der Waals surface area (Å²) >= 11 is 0. The molecular formula is H13GaIn2OSn. The Balaban J connectivity index is 0. The van der Waals surface area contributed by atoms with Crippen LogP contribution in [0, 0.1) is 0 Å². The topological polar surface area (TPSA) is 31.5 Å². The first-order valence-electron chi connectivity index (χ1n) is 0. The second-order valence-corrected chi connectivity index (χ2v) is 0. The van der Waals surface area contributed by atoms with Crippen LogP contribution in [0.15, 0.2) is 0 Å². The molecule has 2 radical (unpaired) electrons. The van der Waals surface area contributed by atoms with E-state index in [9.17, 15) is 0 Å². The van der Waals surface area contributed by atoms with Crippen LogP contribution in [-0.4, -0.2) is 101 Å². The van der Waals surface area contributed by atoms with Crippen LogP contribution in [0.2, 0.25) is 0 Å². The zero-order valence-corrected chi connectivity index (χ0v) is 5.24. The maximum atomic E-state index is 0. The summed E-state index contributed by atoms with van der Waals surface area (Å²) in [4.78, 5) is 0. The van der Waals surface area contributed by atoms with Crippen molar-refractivity contribution in [3.8, 4) is 0 Å². The summed E-state index contributed by atoms with van der Waals surface area (Å²) in [6, 6.07) is 0. The fourth-order valence-electron chi connectivity index (χ4n) is 0. The van der Waals surface area contributed by atoms with Crippen LogP contribution in [0.5, 0.6) is 0 Å². The third-order valence-corrected chi connectivity index (χ3v) is 0. The molecule has 32 valence electrons. The van der Waals surface area contributed by atoms with Gasteiger partial charge < -0.3 is 5.48 Å². The fourth-order valence-corrected chi connectivity index (χ4v) is 0. The molecule has 0 aliphatic carbocycles. The Morgan fingerprint density at radius 1 is 0.800 bits per heavy atom. The van der Waals surface area contributed by atoms with Crippen LogP contribution in [0.3, 0.4) is 0 Å². The summed E-state index contributed by atoms with van der Waals surface area (Å²) < 4.78 is 0. The number of hydrogen-bond acceptors (Lipinski definition) is 0. The van der Waals surface area contributed by atoms with Crippen molar-refractivity contribution >= 4 is 95.4 Å². The van der Waals surface area contributed by atoms with Crippen molar-refractivity contribution in [3.05, 3.63) is 0 Å². The minimum atomic E-state index is 0. The van der Waals surface area contributed by atoms with Gasteiger partial charge in [0.25, 0.3) is 0 Å². The molecule has 0 atom stereocenters. The first-order chi connectivity index (χ1) is 0. The van der Waals surface area contributed by atoms with Crippen molar-refractivity contribution in [1.29, 1.82) is 0 Å². The molecule has 0 amide bonds. The van der Waals surface area contributed by atoms with Gasteiger partial charge in [-0.1, -0.05) is 0 Å². The van der Waals surface area contributed by atoms with Crippen LogP contribution in [0.4, 0.5) is 0 Å². The van der Waals surface area contributed by atoms with Gasteiger partial charge in [0, 0.05) is 0 Å². The van der Waals surface area contributed by atoms with E-state index in [-0.39, 0.29) is 101 Å². The molecule has 2 N–H and O–H groups in total. The van der Waals surface area contributed by atoms with Crippen molar-refractivity contribution in [2.45, 2.75) is 0 Å². The van der Waals surface area contributed by atoms with Gasteiger partial charge in [-0.15, -0.1) is 0 Å². The average molecular weight is 447 g/mol. The molecular weight excluding hydrogens is 434 g/mol. The first-order valence-corrected chi connectivity index (χ1v) is 0. The van der Waals surface area contributed by atoms with Crippen LogP contribution in [-0.2, 0) is 0 Å². The summed E-state index contributed by atoms with van der Waals surface area (Å²) in [5.74, 6) is 0. The Labute approximate surface area is 98.9 Å². The van der Waals surface area contributed by atoms with Gasteiger partial charge in [-0.3, -0.25) is 0 Å². The quantitative estimate of drug-likeness (QED) is 0.333. The molecule has 0 aliphatic rings. The standard InChI is InChI=1S/Ga.2In.H2O.Sn.11H/h;;;1H2;;;;;;;;;;;;. The van der Waals surface area contributed by atoms with Gasteiger partial charge in [-0.25, -0.2) is 0 Å². The fraction of sp³-hybridized carbons (Fsp3) is 0. The predicted octanol–water partition coefficient (Wildman–Crippen LogP) is -5.29. The minimum absolute atomic E-state index is 0. The van der Waals surface area contributed by atoms with Gasteiger partial charge in [-0.2, -0.15) is 0 Å². The van der Waals surface area contributed by atoms with Gasteiger partial charge in [-0.05, 0) is 0 Å². The average Bonchev–Trinajstić information content (AvgIpc) is 0. The molecule has 0 saturated heterocycles. The van der Waals surface area contributed by atoms with E-state index in [0.717, 1.165) is 0 Å². The van der Waals surface area contributed by atoms with E-state index in [1.54, 1.807) is 0 Å². The number of rotatable bonds is 0. The van der Waals surface area contributed by atoms with E-state index in [4.69, 9.17) is 0 Å². The zero-order valence-electron chi connectivity index (χ0n) is 1.21. The predicted molar refractivity (Wildman–Crippen MR) is 42.0 cm³/mol. The van der Waals surface area contributed by atoms with E-state index in [0.29, 0.717) is 0 Å². The summed E-state index contributed by atoms with van der Waals surface area (Å²) in [5.41, 5.74) is 0. The Hall–Kier alpha value is 3.14. The first kappa shape index (κ1) is 42.1. The van der Waals surface area contributed by atoms with Crippen molar-refractivity contribution in [1.82, 2.24) is 0 Å². The maximum absolute atomic E-state index is 0. The summed E-state index contributed by atoms with van der Waals surface area (Å²) in [6.45, 7) is 0. The van der Waals surface area contributed by atoms with E-state index in [1.165, 1.54) is 0 Å². The van der Waals surface area contributed by atoms with Crippen LogP contribution in [0.25, 0.3) is 0 Å². The van der Waals surface area contributed by atoms with Gasteiger partial charge in [0.2, 0.25) is 0 Å². The third kappa shape index (κ3) is 19.1. The van der Waals surface area contributed by atoms with Crippen LogP contribution >= 0.6 is 0 Å². The molecule has 0 unspecified atom stereocenters. The van der Waals surface area contributed by atoms with Crippen LogP contribution < -0.4 is 0 Å². The molecule has 0 aromatic rings. The van der Waals surface area contributed by atoms with E-state index >= 15 is 0 Å². The van der Waals surface area contributed by atoms with Gasteiger partial charge >= 0.3 is 95.4 Å². The van der Waals surface area contributed by atoms with Crippen molar-refractivity contribution in [2.75, 3.05) is 0 Å². The molecule has 0 aliphatic heterocycles. The van der Waals surface area contributed by atoms with E-state index < -0.39 is 0 Å². The second kappa shape index (κ2) is 27.3. The molecule has 0 bridgehead atoms. The molecule has 0 aromatic heterocycles. The van der Waals surface area contributed by atoms with Gasteiger partial charge in [0.05, 0.1) is 0 Å². The second-order valence-electron chi connectivity index (χ2n) is 0. The molecule has 5 heteroatoms. The number of hydrogen-bond donors (Lipinski definition) is 0. The Bertz CT molecular complexity index is 9.61. The van der Waals surface area contributed by atoms with Gasteiger partial charge in [0.15, 0.2) is 0 Å². The Morgan fingerprint density at radius 2 is 0.800 bits per heavy atom. The third-order valence-electron chi connectivity index (χ3n) is 0. The van der Waals surface area contributed by atoms with Crippen molar-refractivity contribution in [2.24, 2.45) is 0 Å². The molecule has 0 fully saturated rings. The Morgan fingerprint density at radius 3 is 0.800 bits per heavy atom. The van der Waals surface area contributed by atoms with Crippen LogP contribution in [0.1, 0.15) is 0 Å². The van der Waals surface area contributed by atoms with Crippen molar-refractivity contribution in [3.63, 3.8) is 0 Å². The van der Waals surface area contributed by atoms with E-state index in [2.05, 4.69) is 0 Å². The van der Waals surface area contributed by atoms with E-state index in [1.807, 2.05) is 0 Å². The monoisotopic (exact) mass is 448 g/mol. The molecule has 5 heavy (non-hydrogen) atoms. The molecule has 0 saturated carbocycles. The molecule has 0 heterocycles. The molecule has 0 spiro atoms. The molecule has 1 nitrogen and oxygen atoms in total.